The highest BCUT2D eigenvalue weighted by molar-refractivity contribution is 5.95. The molecule has 1 aromatic rings. The number of amides is 1. The summed E-state index contributed by atoms with van der Waals surface area (Å²) in [5, 5.41) is 27.1. The molecule has 1 aromatic heterocycles. The number of carboxylic acids is 2. The van der Waals surface area contributed by atoms with Crippen molar-refractivity contribution in [3.8, 4) is 0 Å². The number of nitrogens with zero attached hydrogens (tertiary/aromatic N) is 2. The molecule has 1 unspecified atom stereocenters. The van der Waals surface area contributed by atoms with Crippen LogP contribution in [0.2, 0.25) is 0 Å². The van der Waals surface area contributed by atoms with Crippen LogP contribution in [-0.4, -0.2) is 56.6 Å². The summed E-state index contributed by atoms with van der Waals surface area (Å²) < 4.78 is 33.3. The Kier molecular flexibility index (Phi) is 9.05. The summed E-state index contributed by atoms with van der Waals surface area (Å²) in [4.78, 5) is 33.1. The summed E-state index contributed by atoms with van der Waals surface area (Å²) in [6, 6.07) is 1.13. The highest BCUT2D eigenvalue weighted by Gasteiger charge is 2.38. The maximum Gasteiger partial charge on any atom is 0.490 e. The molecule has 0 aromatic carbocycles. The lowest BCUT2D eigenvalue weighted by Crippen LogP contribution is -2.42. The maximum atomic E-state index is 12.6. The van der Waals surface area contributed by atoms with Crippen LogP contribution in [0.4, 0.5) is 13.2 Å². The summed E-state index contributed by atoms with van der Waals surface area (Å²) in [7, 11) is 1.73. The van der Waals surface area contributed by atoms with E-state index in [1.54, 1.807) is 17.8 Å². The highest BCUT2D eigenvalue weighted by atomic mass is 19.4. The standard InChI is InChI=1S/C18H28N4O3.C2HF3O2/c1-22-16(11-14(21-22)13-8-5-9-19-13)17(23)20-15(18(24)25)10-12-6-3-2-4-7-12;3-2(4,5)1(6)7/h11-13,15,19H,2-10H2,1H3,(H,20,23)(H,24,25);(H,6,7)/t13?,15-;/m0./s1. The topological polar surface area (TPSA) is 134 Å². The average Bonchev–Trinajstić information content (AvgIpc) is 3.37. The Hall–Kier alpha value is -2.63. The summed E-state index contributed by atoms with van der Waals surface area (Å²) in [6.45, 7) is 0.964. The first-order valence-electron chi connectivity index (χ1n) is 10.6. The molecule has 1 saturated heterocycles. The molecule has 0 spiro atoms. The molecule has 2 aliphatic rings. The molecule has 0 radical (unpaired) electrons. The summed E-state index contributed by atoms with van der Waals surface area (Å²) in [5.41, 5.74) is 1.27. The number of carboxylic acid groups (broad SMARTS) is 2. The Balaban J connectivity index is 0.000000451. The van der Waals surface area contributed by atoms with E-state index in [4.69, 9.17) is 9.90 Å². The molecule has 3 rings (SSSR count). The van der Waals surface area contributed by atoms with Gasteiger partial charge in [0.25, 0.3) is 5.91 Å². The highest BCUT2D eigenvalue weighted by Crippen LogP contribution is 2.27. The SMILES string of the molecule is Cn1nc(C2CCCN2)cc1C(=O)N[C@@H](CC1CCCCC1)C(=O)O.O=C(O)C(F)(F)F. The Morgan fingerprint density at radius 1 is 1.19 bits per heavy atom. The second kappa shape index (κ2) is 11.3. The van der Waals surface area contributed by atoms with E-state index in [-0.39, 0.29) is 11.9 Å². The number of rotatable bonds is 6. The largest absolute Gasteiger partial charge is 0.490 e. The van der Waals surface area contributed by atoms with Crippen LogP contribution in [0.1, 0.15) is 73.6 Å². The Bertz CT molecular complexity index is 800. The lowest BCUT2D eigenvalue weighted by molar-refractivity contribution is -0.192. The zero-order valence-corrected chi connectivity index (χ0v) is 17.8. The summed E-state index contributed by atoms with van der Waals surface area (Å²) in [5.74, 6) is -3.69. The molecule has 1 saturated carbocycles. The molecule has 32 heavy (non-hydrogen) atoms. The molecule has 2 atom stereocenters. The fraction of sp³-hybridized carbons (Fsp3) is 0.700. The predicted octanol–water partition coefficient (Wildman–Crippen LogP) is 2.63. The lowest BCUT2D eigenvalue weighted by atomic mass is 9.85. The Morgan fingerprint density at radius 2 is 1.81 bits per heavy atom. The van der Waals surface area contributed by atoms with Crippen molar-refractivity contribution in [2.24, 2.45) is 13.0 Å². The molecule has 2 heterocycles. The molecule has 12 heteroatoms. The first kappa shape index (κ1) is 25.6. The third-order valence-electron chi connectivity index (χ3n) is 5.69. The molecular weight excluding hydrogens is 433 g/mol. The van der Waals surface area contributed by atoms with Gasteiger partial charge in [0.1, 0.15) is 11.7 Å². The molecule has 180 valence electrons. The minimum Gasteiger partial charge on any atom is -0.480 e. The number of aliphatic carboxylic acids is 2. The number of hydrogen-bond donors (Lipinski definition) is 4. The molecule has 1 amide bonds. The molecule has 4 N–H and O–H groups in total. The summed E-state index contributed by atoms with van der Waals surface area (Å²) in [6.07, 6.45) is 3.20. The zero-order valence-electron chi connectivity index (χ0n) is 17.8. The van der Waals surface area contributed by atoms with Crippen LogP contribution in [0.15, 0.2) is 6.07 Å². The van der Waals surface area contributed by atoms with Crippen molar-refractivity contribution in [1.29, 1.82) is 0 Å². The van der Waals surface area contributed by atoms with Gasteiger partial charge < -0.3 is 20.8 Å². The van der Waals surface area contributed by atoms with Gasteiger partial charge in [-0.2, -0.15) is 18.3 Å². The number of halogens is 3. The third kappa shape index (κ3) is 7.50. The van der Waals surface area contributed by atoms with Gasteiger partial charge in [-0.15, -0.1) is 0 Å². The van der Waals surface area contributed by atoms with Crippen molar-refractivity contribution in [2.75, 3.05) is 6.54 Å². The Morgan fingerprint density at radius 3 is 2.31 bits per heavy atom. The van der Waals surface area contributed by atoms with E-state index in [2.05, 4.69) is 15.7 Å². The second-order valence-corrected chi connectivity index (χ2v) is 8.13. The number of alkyl halides is 3. The van der Waals surface area contributed by atoms with Crippen LogP contribution in [0.25, 0.3) is 0 Å². The van der Waals surface area contributed by atoms with Gasteiger partial charge in [0.2, 0.25) is 0 Å². The molecule has 9 nitrogen and oxygen atoms in total. The fourth-order valence-corrected chi connectivity index (χ4v) is 4.02. The van der Waals surface area contributed by atoms with Gasteiger partial charge in [-0.25, -0.2) is 9.59 Å². The van der Waals surface area contributed by atoms with Gasteiger partial charge in [0, 0.05) is 7.05 Å². The van der Waals surface area contributed by atoms with E-state index in [1.807, 2.05) is 0 Å². The molecule has 0 bridgehead atoms. The van der Waals surface area contributed by atoms with E-state index in [9.17, 15) is 27.9 Å². The van der Waals surface area contributed by atoms with Crippen LogP contribution in [0.5, 0.6) is 0 Å². The van der Waals surface area contributed by atoms with Crippen LogP contribution < -0.4 is 10.6 Å². The molecule has 1 aliphatic heterocycles. The van der Waals surface area contributed by atoms with Crippen LogP contribution >= 0.6 is 0 Å². The van der Waals surface area contributed by atoms with Crippen molar-refractivity contribution in [2.45, 2.75) is 69.6 Å². The van der Waals surface area contributed by atoms with Gasteiger partial charge >= 0.3 is 18.1 Å². The molecule has 2 fully saturated rings. The second-order valence-electron chi connectivity index (χ2n) is 8.13. The first-order chi connectivity index (χ1) is 15.0. The van der Waals surface area contributed by atoms with E-state index in [0.717, 1.165) is 50.8 Å². The maximum absolute atomic E-state index is 12.6. The molecule has 1 aliphatic carbocycles. The average molecular weight is 462 g/mol. The van der Waals surface area contributed by atoms with Crippen molar-refractivity contribution in [3.05, 3.63) is 17.5 Å². The van der Waals surface area contributed by atoms with Gasteiger partial charge in [-0.3, -0.25) is 9.48 Å². The van der Waals surface area contributed by atoms with Gasteiger partial charge in [0.15, 0.2) is 0 Å². The van der Waals surface area contributed by atoms with E-state index >= 15 is 0 Å². The smallest absolute Gasteiger partial charge is 0.480 e. The quantitative estimate of drug-likeness (QED) is 0.511. The van der Waals surface area contributed by atoms with Crippen molar-refractivity contribution in [1.82, 2.24) is 20.4 Å². The van der Waals surface area contributed by atoms with E-state index in [0.29, 0.717) is 18.0 Å². The Labute approximate surface area is 183 Å². The zero-order chi connectivity index (χ0) is 23.9. The van der Waals surface area contributed by atoms with Crippen molar-refractivity contribution >= 4 is 17.8 Å². The van der Waals surface area contributed by atoms with Gasteiger partial charge in [0.05, 0.1) is 11.7 Å². The van der Waals surface area contributed by atoms with Crippen LogP contribution in [0, 0.1) is 5.92 Å². The number of nitrogens with one attached hydrogen (secondary N) is 2. The first-order valence-corrected chi connectivity index (χ1v) is 10.6. The van der Waals surface area contributed by atoms with E-state index in [1.165, 1.54) is 6.42 Å². The van der Waals surface area contributed by atoms with Crippen molar-refractivity contribution < 1.29 is 37.8 Å². The van der Waals surface area contributed by atoms with Gasteiger partial charge in [-0.1, -0.05) is 32.1 Å². The number of carbonyl (C=O) groups is 3. The number of aromatic nitrogens is 2. The molecular formula is C20H29F3N4O5. The third-order valence-corrected chi connectivity index (χ3v) is 5.69. The normalized spacial score (nSPS) is 20.2. The monoisotopic (exact) mass is 462 g/mol. The predicted molar refractivity (Wildman–Crippen MR) is 107 cm³/mol. The van der Waals surface area contributed by atoms with Gasteiger partial charge in [-0.05, 0) is 37.8 Å². The van der Waals surface area contributed by atoms with Crippen LogP contribution in [-0.2, 0) is 16.6 Å². The minimum atomic E-state index is -5.08. The minimum absolute atomic E-state index is 0.185. The number of aryl methyl sites for hydroxylation is 1. The van der Waals surface area contributed by atoms with E-state index < -0.39 is 24.2 Å². The number of hydrogen-bond acceptors (Lipinski definition) is 5. The van der Waals surface area contributed by atoms with Crippen LogP contribution in [0.3, 0.4) is 0 Å². The number of carbonyl (C=O) groups excluding carboxylic acids is 1. The lowest BCUT2D eigenvalue weighted by Gasteiger charge is -2.25. The summed E-state index contributed by atoms with van der Waals surface area (Å²) >= 11 is 0. The fourth-order valence-electron chi connectivity index (χ4n) is 4.02. The van der Waals surface area contributed by atoms with Crippen molar-refractivity contribution in [3.63, 3.8) is 0 Å².